The highest BCUT2D eigenvalue weighted by atomic mass is 35.5. The molecule has 0 saturated carbocycles. The van der Waals surface area contributed by atoms with Crippen molar-refractivity contribution in [1.82, 2.24) is 4.90 Å². The highest BCUT2D eigenvalue weighted by Gasteiger charge is 2.09. The van der Waals surface area contributed by atoms with Crippen LogP contribution in [0, 0.1) is 0 Å². The van der Waals surface area contributed by atoms with Crippen molar-refractivity contribution in [3.05, 3.63) is 28.8 Å². The van der Waals surface area contributed by atoms with Crippen LogP contribution in [0.4, 0.5) is 0 Å². The van der Waals surface area contributed by atoms with Gasteiger partial charge in [0.15, 0.2) is 0 Å². The summed E-state index contributed by atoms with van der Waals surface area (Å²) in [4.78, 5) is 2.42. The lowest BCUT2D eigenvalue weighted by Crippen LogP contribution is -2.36. The molecule has 94 valence electrons. The summed E-state index contributed by atoms with van der Waals surface area (Å²) in [5.41, 5.74) is 1.18. The lowest BCUT2D eigenvalue weighted by atomic mass is 10.1. The van der Waals surface area contributed by atoms with Gasteiger partial charge in [0.2, 0.25) is 0 Å². The number of halogens is 1. The first kappa shape index (κ1) is 12.7. The second kappa shape index (κ2) is 6.24. The minimum atomic E-state index is 0.156. The van der Waals surface area contributed by atoms with Gasteiger partial charge >= 0.3 is 0 Å². The molecule has 0 atom stereocenters. The fraction of sp³-hybridized carbons (Fsp3) is 0.538. The molecule has 2 rings (SSSR count). The molecule has 0 aliphatic carbocycles. The van der Waals surface area contributed by atoms with E-state index in [1.165, 1.54) is 5.56 Å². The molecule has 3 nitrogen and oxygen atoms in total. The predicted octanol–water partition coefficient (Wildman–Crippen LogP) is 2.31. The van der Waals surface area contributed by atoms with Crippen LogP contribution in [0.5, 0.6) is 5.75 Å². The zero-order chi connectivity index (χ0) is 12.1. The monoisotopic (exact) mass is 255 g/mol. The summed E-state index contributed by atoms with van der Waals surface area (Å²) in [6, 6.07) is 5.43. The number of nitrogens with zero attached hydrogens (tertiary/aromatic N) is 1. The van der Waals surface area contributed by atoms with Crippen LogP contribution >= 0.6 is 11.6 Å². The average Bonchev–Trinajstić information content (AvgIpc) is 2.35. The Kier molecular flexibility index (Phi) is 4.66. The molecule has 1 fully saturated rings. The number of phenolic OH excluding ortho intramolecular Hbond substituents is 1. The van der Waals surface area contributed by atoms with E-state index < -0.39 is 0 Å². The zero-order valence-electron chi connectivity index (χ0n) is 9.86. The normalized spacial score (nSPS) is 17.2. The van der Waals surface area contributed by atoms with Gasteiger partial charge in [-0.15, -0.1) is 0 Å². The third-order valence-corrected chi connectivity index (χ3v) is 3.36. The van der Waals surface area contributed by atoms with Gasteiger partial charge in [0.25, 0.3) is 0 Å². The number of phenols is 1. The molecule has 1 aromatic rings. The van der Waals surface area contributed by atoms with Gasteiger partial charge in [-0.1, -0.05) is 17.7 Å². The molecule has 0 amide bonds. The van der Waals surface area contributed by atoms with Crippen LogP contribution < -0.4 is 0 Å². The summed E-state index contributed by atoms with van der Waals surface area (Å²) in [5.74, 6) is 0.156. The van der Waals surface area contributed by atoms with E-state index in [1.54, 1.807) is 6.07 Å². The Morgan fingerprint density at radius 2 is 2.06 bits per heavy atom. The molecule has 0 spiro atoms. The first-order valence-corrected chi connectivity index (χ1v) is 6.41. The van der Waals surface area contributed by atoms with E-state index in [4.69, 9.17) is 16.3 Å². The average molecular weight is 256 g/mol. The fourth-order valence-electron chi connectivity index (χ4n) is 2.04. The van der Waals surface area contributed by atoms with Crippen LogP contribution in [-0.2, 0) is 11.2 Å². The summed E-state index contributed by atoms with van der Waals surface area (Å²) in [5, 5.41) is 9.76. The van der Waals surface area contributed by atoms with E-state index in [-0.39, 0.29) is 5.75 Å². The molecule has 1 aliphatic heterocycles. The van der Waals surface area contributed by atoms with Crippen molar-refractivity contribution >= 4 is 11.6 Å². The van der Waals surface area contributed by atoms with Crippen molar-refractivity contribution in [2.45, 2.75) is 12.8 Å². The molecule has 1 saturated heterocycles. The number of aryl methyl sites for hydroxylation is 1. The number of ether oxygens (including phenoxy) is 1. The summed E-state index contributed by atoms with van der Waals surface area (Å²) in [6.45, 7) is 4.88. The minimum absolute atomic E-state index is 0.156. The topological polar surface area (TPSA) is 32.7 Å². The highest BCUT2D eigenvalue weighted by molar-refractivity contribution is 6.32. The number of morpholine rings is 1. The summed E-state index contributed by atoms with van der Waals surface area (Å²) >= 11 is 5.86. The van der Waals surface area contributed by atoms with Gasteiger partial charge in [-0.2, -0.15) is 0 Å². The third-order valence-electron chi connectivity index (χ3n) is 3.06. The Morgan fingerprint density at radius 1 is 1.29 bits per heavy atom. The fourth-order valence-corrected chi connectivity index (χ4v) is 2.24. The molecule has 17 heavy (non-hydrogen) atoms. The maximum atomic E-state index is 9.32. The van der Waals surface area contributed by atoms with E-state index in [9.17, 15) is 5.11 Å². The van der Waals surface area contributed by atoms with Crippen LogP contribution in [0.25, 0.3) is 0 Å². The zero-order valence-corrected chi connectivity index (χ0v) is 10.6. The molecule has 0 unspecified atom stereocenters. The Labute approximate surface area is 107 Å². The van der Waals surface area contributed by atoms with Gasteiger partial charge in [-0.25, -0.2) is 0 Å². The van der Waals surface area contributed by atoms with Gasteiger partial charge < -0.3 is 9.84 Å². The van der Waals surface area contributed by atoms with Crippen molar-refractivity contribution in [1.29, 1.82) is 0 Å². The van der Waals surface area contributed by atoms with Gasteiger partial charge in [-0.3, -0.25) is 4.90 Å². The molecular formula is C13H18ClNO2. The maximum absolute atomic E-state index is 9.32. The number of benzene rings is 1. The molecule has 1 heterocycles. The van der Waals surface area contributed by atoms with Crippen LogP contribution in [-0.4, -0.2) is 42.9 Å². The van der Waals surface area contributed by atoms with E-state index in [0.29, 0.717) is 5.02 Å². The Hall–Kier alpha value is -0.770. The highest BCUT2D eigenvalue weighted by Crippen LogP contribution is 2.24. The molecule has 0 bridgehead atoms. The molecule has 0 aromatic heterocycles. The van der Waals surface area contributed by atoms with Gasteiger partial charge in [0, 0.05) is 13.1 Å². The predicted molar refractivity (Wildman–Crippen MR) is 68.7 cm³/mol. The van der Waals surface area contributed by atoms with E-state index in [2.05, 4.69) is 4.90 Å². The number of rotatable bonds is 4. The van der Waals surface area contributed by atoms with Crippen molar-refractivity contribution in [2.24, 2.45) is 0 Å². The largest absolute Gasteiger partial charge is 0.506 e. The van der Waals surface area contributed by atoms with E-state index >= 15 is 0 Å². The number of hydrogen-bond acceptors (Lipinski definition) is 3. The van der Waals surface area contributed by atoms with Crippen LogP contribution in [0.1, 0.15) is 12.0 Å². The van der Waals surface area contributed by atoms with Gasteiger partial charge in [-0.05, 0) is 37.1 Å². The first-order chi connectivity index (χ1) is 8.25. The minimum Gasteiger partial charge on any atom is -0.506 e. The Balaban J connectivity index is 1.75. The Morgan fingerprint density at radius 3 is 2.76 bits per heavy atom. The SMILES string of the molecule is Oc1ccc(CCCN2CCOCC2)cc1Cl. The molecule has 1 aromatic carbocycles. The van der Waals surface area contributed by atoms with E-state index in [0.717, 1.165) is 45.7 Å². The van der Waals surface area contributed by atoms with E-state index in [1.807, 2.05) is 12.1 Å². The lowest BCUT2D eigenvalue weighted by Gasteiger charge is -2.26. The maximum Gasteiger partial charge on any atom is 0.134 e. The van der Waals surface area contributed by atoms with Crippen LogP contribution in [0.15, 0.2) is 18.2 Å². The second-order valence-corrected chi connectivity index (χ2v) is 4.75. The summed E-state index contributed by atoms with van der Waals surface area (Å²) in [6.07, 6.45) is 2.11. The van der Waals surface area contributed by atoms with Crippen molar-refractivity contribution in [3.63, 3.8) is 0 Å². The molecular weight excluding hydrogens is 238 g/mol. The quantitative estimate of drug-likeness (QED) is 0.896. The summed E-state index contributed by atoms with van der Waals surface area (Å²) in [7, 11) is 0. The third kappa shape index (κ3) is 3.87. The van der Waals surface area contributed by atoms with Crippen molar-refractivity contribution in [3.8, 4) is 5.75 Å². The Bertz CT molecular complexity index is 364. The first-order valence-electron chi connectivity index (χ1n) is 6.03. The smallest absolute Gasteiger partial charge is 0.134 e. The van der Waals surface area contributed by atoms with Crippen LogP contribution in [0.3, 0.4) is 0 Å². The summed E-state index contributed by atoms with van der Waals surface area (Å²) < 4.78 is 5.31. The number of aromatic hydroxyl groups is 1. The lowest BCUT2D eigenvalue weighted by molar-refractivity contribution is 0.0375. The molecule has 1 N–H and O–H groups in total. The number of hydrogen-bond donors (Lipinski definition) is 1. The molecule has 1 aliphatic rings. The molecule has 4 heteroatoms. The van der Waals surface area contributed by atoms with Crippen molar-refractivity contribution in [2.75, 3.05) is 32.8 Å². The van der Waals surface area contributed by atoms with Crippen molar-refractivity contribution < 1.29 is 9.84 Å². The second-order valence-electron chi connectivity index (χ2n) is 4.34. The molecule has 0 radical (unpaired) electrons. The van der Waals surface area contributed by atoms with Crippen LogP contribution in [0.2, 0.25) is 5.02 Å². The van der Waals surface area contributed by atoms with Gasteiger partial charge in [0.1, 0.15) is 5.75 Å². The van der Waals surface area contributed by atoms with Gasteiger partial charge in [0.05, 0.1) is 18.2 Å². The standard InChI is InChI=1S/C13H18ClNO2/c14-12-10-11(3-4-13(12)16)2-1-5-15-6-8-17-9-7-15/h3-4,10,16H,1-2,5-9H2.